The fourth-order valence-corrected chi connectivity index (χ4v) is 3.45. The Hall–Kier alpha value is -2.80. The molecule has 1 aliphatic heterocycles. The molecule has 4 rings (SSSR count). The van der Waals surface area contributed by atoms with Gasteiger partial charge in [0.2, 0.25) is 0 Å². The Morgan fingerprint density at radius 1 is 1.07 bits per heavy atom. The number of aliphatic hydroxyl groups is 4. The maximum Gasteiger partial charge on any atom is 0.138 e. The second-order valence-electron chi connectivity index (χ2n) is 6.80. The molecule has 5 N–H and O–H groups in total. The number of H-pyrrole nitrogens is 1. The van der Waals surface area contributed by atoms with Crippen LogP contribution in [0.15, 0.2) is 42.5 Å². The number of fused-ring (bicyclic) bond motifs is 1. The van der Waals surface area contributed by atoms with Crippen molar-refractivity contribution >= 4 is 11.0 Å². The largest absolute Gasteiger partial charge is 0.394 e. The molecular formula is C20H19N3O5. The van der Waals surface area contributed by atoms with E-state index in [1.165, 1.54) is 0 Å². The van der Waals surface area contributed by atoms with Gasteiger partial charge in [-0.15, -0.1) is 0 Å². The van der Waals surface area contributed by atoms with Crippen molar-refractivity contribution in [1.82, 2.24) is 9.97 Å². The number of imidazole rings is 1. The molecule has 8 nitrogen and oxygen atoms in total. The number of benzene rings is 2. The molecule has 28 heavy (non-hydrogen) atoms. The van der Waals surface area contributed by atoms with Crippen molar-refractivity contribution < 1.29 is 25.2 Å². The monoisotopic (exact) mass is 381 g/mol. The third-order valence-electron chi connectivity index (χ3n) is 4.99. The fraction of sp³-hybridized carbons (Fsp3) is 0.300. The van der Waals surface area contributed by atoms with E-state index in [0.29, 0.717) is 22.5 Å². The lowest BCUT2D eigenvalue weighted by molar-refractivity contribution is -0.231. The zero-order chi connectivity index (χ0) is 19.8. The van der Waals surface area contributed by atoms with Crippen molar-refractivity contribution in [3.63, 3.8) is 0 Å². The van der Waals surface area contributed by atoms with Gasteiger partial charge in [0.05, 0.1) is 29.3 Å². The first-order valence-electron chi connectivity index (χ1n) is 8.82. The van der Waals surface area contributed by atoms with Gasteiger partial charge in [0.15, 0.2) is 0 Å². The highest BCUT2D eigenvalue weighted by Crippen LogP contribution is 2.34. The molecule has 0 radical (unpaired) electrons. The Bertz CT molecular complexity index is 1040. The number of nitrogens with one attached hydrogen (secondary N) is 1. The topological polar surface area (TPSA) is 143 Å². The zero-order valence-electron chi connectivity index (χ0n) is 14.7. The maximum atomic E-state index is 10.3. The molecule has 0 saturated carbocycles. The van der Waals surface area contributed by atoms with Crippen LogP contribution in [-0.4, -0.2) is 61.4 Å². The first-order valence-corrected chi connectivity index (χ1v) is 8.82. The second kappa shape index (κ2) is 7.31. The lowest BCUT2D eigenvalue weighted by atomic mass is 9.90. The van der Waals surface area contributed by atoms with Crippen molar-refractivity contribution in [2.45, 2.75) is 30.5 Å². The molecule has 2 heterocycles. The summed E-state index contributed by atoms with van der Waals surface area (Å²) < 4.78 is 5.62. The number of nitrogens with zero attached hydrogens (tertiary/aromatic N) is 2. The van der Waals surface area contributed by atoms with Crippen LogP contribution in [0.4, 0.5) is 0 Å². The first kappa shape index (κ1) is 18.6. The van der Waals surface area contributed by atoms with Crippen LogP contribution in [-0.2, 0) is 4.74 Å². The molecular weight excluding hydrogens is 362 g/mol. The van der Waals surface area contributed by atoms with Crippen LogP contribution in [0.1, 0.15) is 17.2 Å². The predicted octanol–water partition coefficient (Wildman–Crippen LogP) is 0.616. The van der Waals surface area contributed by atoms with Crippen molar-refractivity contribution in [3.05, 3.63) is 53.6 Å². The molecule has 0 amide bonds. The van der Waals surface area contributed by atoms with E-state index in [-0.39, 0.29) is 0 Å². The summed E-state index contributed by atoms with van der Waals surface area (Å²) in [7, 11) is 0. The molecule has 144 valence electrons. The van der Waals surface area contributed by atoms with Crippen molar-refractivity contribution in [1.29, 1.82) is 5.26 Å². The average Bonchev–Trinajstić information content (AvgIpc) is 3.15. The molecule has 2 aromatic carbocycles. The van der Waals surface area contributed by atoms with Crippen LogP contribution in [0.25, 0.3) is 22.4 Å². The molecule has 0 aliphatic carbocycles. The molecule has 3 aromatic rings. The van der Waals surface area contributed by atoms with E-state index < -0.39 is 37.1 Å². The van der Waals surface area contributed by atoms with E-state index in [4.69, 9.17) is 10.00 Å². The normalized spacial score (nSPS) is 27.6. The summed E-state index contributed by atoms with van der Waals surface area (Å²) in [5.74, 6) is 0.580. The minimum absolute atomic E-state index is 0.480. The molecule has 5 atom stereocenters. The van der Waals surface area contributed by atoms with Gasteiger partial charge in [0.25, 0.3) is 0 Å². The SMILES string of the molecule is N#Cc1ccc2[nH]c(-c3cccc([C@H]4O[C@H](CO)[C@@H](O)[C@H](O)[C@@H]4O)c3)nc2c1. The van der Waals surface area contributed by atoms with Crippen LogP contribution in [0.3, 0.4) is 0 Å². The van der Waals surface area contributed by atoms with Gasteiger partial charge in [-0.05, 0) is 29.8 Å². The number of hydrogen-bond donors (Lipinski definition) is 5. The van der Waals surface area contributed by atoms with Gasteiger partial charge in [-0.1, -0.05) is 18.2 Å². The van der Waals surface area contributed by atoms with Crippen molar-refractivity contribution in [3.8, 4) is 17.5 Å². The van der Waals surface area contributed by atoms with Gasteiger partial charge >= 0.3 is 0 Å². The lowest BCUT2D eigenvalue weighted by Crippen LogP contribution is -2.55. The van der Waals surface area contributed by atoms with Crippen molar-refractivity contribution in [2.24, 2.45) is 0 Å². The number of rotatable bonds is 3. The minimum Gasteiger partial charge on any atom is -0.394 e. The molecule has 0 bridgehead atoms. The van der Waals surface area contributed by atoms with Crippen LogP contribution < -0.4 is 0 Å². The van der Waals surface area contributed by atoms with E-state index in [9.17, 15) is 20.4 Å². The lowest BCUT2D eigenvalue weighted by Gasteiger charge is -2.40. The summed E-state index contributed by atoms with van der Waals surface area (Å²) in [4.78, 5) is 7.70. The summed E-state index contributed by atoms with van der Waals surface area (Å²) in [6.07, 6.45) is -6.06. The highest BCUT2D eigenvalue weighted by molar-refractivity contribution is 5.80. The summed E-state index contributed by atoms with van der Waals surface area (Å²) in [5, 5.41) is 48.7. The van der Waals surface area contributed by atoms with Gasteiger partial charge in [-0.3, -0.25) is 0 Å². The third kappa shape index (κ3) is 3.16. The van der Waals surface area contributed by atoms with E-state index in [1.54, 1.807) is 36.4 Å². The van der Waals surface area contributed by atoms with Gasteiger partial charge < -0.3 is 30.1 Å². The number of aromatic amines is 1. The summed E-state index contributed by atoms with van der Waals surface area (Å²) >= 11 is 0. The van der Waals surface area contributed by atoms with E-state index in [0.717, 1.165) is 11.1 Å². The van der Waals surface area contributed by atoms with Crippen LogP contribution in [0.5, 0.6) is 0 Å². The first-order chi connectivity index (χ1) is 13.5. The summed E-state index contributed by atoms with van der Waals surface area (Å²) in [6.45, 7) is -0.480. The van der Waals surface area contributed by atoms with Crippen molar-refractivity contribution in [2.75, 3.05) is 6.61 Å². The van der Waals surface area contributed by atoms with Crippen LogP contribution >= 0.6 is 0 Å². The maximum absolute atomic E-state index is 10.3. The number of nitriles is 1. The van der Waals surface area contributed by atoms with Gasteiger partial charge in [0.1, 0.15) is 36.3 Å². The quantitative estimate of drug-likeness (QED) is 0.447. The van der Waals surface area contributed by atoms with E-state index in [2.05, 4.69) is 16.0 Å². The molecule has 0 spiro atoms. The molecule has 1 aliphatic rings. The third-order valence-corrected chi connectivity index (χ3v) is 4.99. The van der Waals surface area contributed by atoms with Gasteiger partial charge in [-0.2, -0.15) is 5.26 Å². The fourth-order valence-electron chi connectivity index (χ4n) is 3.45. The molecule has 1 fully saturated rings. The Morgan fingerprint density at radius 3 is 2.64 bits per heavy atom. The zero-order valence-corrected chi connectivity index (χ0v) is 14.7. The summed E-state index contributed by atoms with van der Waals surface area (Å²) in [5.41, 5.74) is 3.26. The molecule has 1 saturated heterocycles. The number of aromatic nitrogens is 2. The molecule has 8 heteroatoms. The Labute approximate surface area is 160 Å². The number of aliphatic hydroxyl groups excluding tert-OH is 4. The standard InChI is InChI=1S/C20H19N3O5/c21-8-10-4-5-13-14(6-10)23-20(22-13)12-3-1-2-11(7-12)19-18(27)17(26)16(25)15(9-24)28-19/h1-7,15-19,24-27H,9H2,(H,22,23)/t15-,16-,17+,18+,19-/m1/s1. The number of ether oxygens (including phenoxy) is 1. The Kier molecular flexibility index (Phi) is 4.85. The molecule has 1 aromatic heterocycles. The highest BCUT2D eigenvalue weighted by atomic mass is 16.5. The van der Waals surface area contributed by atoms with E-state index in [1.807, 2.05) is 6.07 Å². The average molecular weight is 381 g/mol. The highest BCUT2D eigenvalue weighted by Gasteiger charge is 2.43. The minimum atomic E-state index is -1.44. The van der Waals surface area contributed by atoms with E-state index >= 15 is 0 Å². The second-order valence-corrected chi connectivity index (χ2v) is 6.80. The predicted molar refractivity (Wildman–Crippen MR) is 99.0 cm³/mol. The van der Waals surface area contributed by atoms with Crippen LogP contribution in [0, 0.1) is 11.3 Å². The van der Waals surface area contributed by atoms with Gasteiger partial charge in [-0.25, -0.2) is 4.98 Å². The summed E-state index contributed by atoms with van der Waals surface area (Å²) in [6, 6.07) is 14.3. The van der Waals surface area contributed by atoms with Gasteiger partial charge in [0, 0.05) is 5.56 Å². The smallest absolute Gasteiger partial charge is 0.138 e. The van der Waals surface area contributed by atoms with Crippen LogP contribution in [0.2, 0.25) is 0 Å². The Balaban J connectivity index is 1.69. The molecule has 0 unspecified atom stereocenters. The number of hydrogen-bond acceptors (Lipinski definition) is 7. The Morgan fingerprint density at radius 2 is 1.89 bits per heavy atom.